The van der Waals surface area contributed by atoms with Crippen molar-refractivity contribution in [3.05, 3.63) is 59.9 Å². The maximum Gasteiger partial charge on any atom is 0.258 e. The quantitative estimate of drug-likeness (QED) is 0.635. The zero-order valence-electron chi connectivity index (χ0n) is 16.4. The van der Waals surface area contributed by atoms with E-state index in [2.05, 4.69) is 10.1 Å². The Morgan fingerprint density at radius 3 is 2.41 bits per heavy atom. The molecule has 0 amide bonds. The van der Waals surface area contributed by atoms with Crippen LogP contribution in [0.5, 0.6) is 5.75 Å². The second kappa shape index (κ2) is 7.96. The molecule has 0 saturated carbocycles. The number of aryl methyl sites for hydroxylation is 1. The van der Waals surface area contributed by atoms with E-state index in [9.17, 15) is 8.42 Å². The summed E-state index contributed by atoms with van der Waals surface area (Å²) in [6.45, 7) is 2.85. The molecule has 0 radical (unpaired) electrons. The van der Waals surface area contributed by atoms with Crippen LogP contribution in [0, 0.1) is 6.92 Å². The number of rotatable bonds is 5. The maximum atomic E-state index is 12.9. The number of hydrogen-bond donors (Lipinski definition) is 0. The number of sulfonamides is 1. The van der Waals surface area contributed by atoms with Gasteiger partial charge in [0.25, 0.3) is 5.89 Å². The minimum atomic E-state index is -3.52. The molecule has 1 fully saturated rings. The van der Waals surface area contributed by atoms with Crippen molar-refractivity contribution in [1.82, 2.24) is 14.4 Å². The molecule has 0 aliphatic carbocycles. The van der Waals surface area contributed by atoms with Crippen molar-refractivity contribution < 1.29 is 17.7 Å². The van der Waals surface area contributed by atoms with Crippen LogP contribution >= 0.6 is 0 Å². The highest BCUT2D eigenvalue weighted by atomic mass is 32.2. The largest absolute Gasteiger partial charge is 0.497 e. The molecule has 8 heteroatoms. The van der Waals surface area contributed by atoms with E-state index in [0.717, 1.165) is 11.1 Å². The summed E-state index contributed by atoms with van der Waals surface area (Å²) in [7, 11) is -1.97. The second-order valence-corrected chi connectivity index (χ2v) is 9.06. The molecule has 0 N–H and O–H groups in total. The number of benzene rings is 2. The summed E-state index contributed by atoms with van der Waals surface area (Å²) >= 11 is 0. The molecule has 7 nitrogen and oxygen atoms in total. The molecule has 0 atom stereocenters. The highest BCUT2D eigenvalue weighted by molar-refractivity contribution is 7.89. The summed E-state index contributed by atoms with van der Waals surface area (Å²) in [5.74, 6) is 1.86. The zero-order valence-corrected chi connectivity index (χ0v) is 17.2. The summed E-state index contributed by atoms with van der Waals surface area (Å²) < 4.78 is 37.9. The van der Waals surface area contributed by atoms with E-state index < -0.39 is 10.0 Å². The number of nitrogens with zero attached hydrogens (tertiary/aromatic N) is 3. The third-order valence-electron chi connectivity index (χ3n) is 5.33. The summed E-state index contributed by atoms with van der Waals surface area (Å²) in [6, 6.07) is 14.3. The third-order valence-corrected chi connectivity index (χ3v) is 7.25. The van der Waals surface area contributed by atoms with Gasteiger partial charge in [0, 0.05) is 24.6 Å². The van der Waals surface area contributed by atoms with Gasteiger partial charge in [-0.3, -0.25) is 0 Å². The lowest BCUT2D eigenvalue weighted by Crippen LogP contribution is -2.38. The average molecular weight is 413 g/mol. The van der Waals surface area contributed by atoms with Crippen molar-refractivity contribution in [2.24, 2.45) is 0 Å². The van der Waals surface area contributed by atoms with Crippen LogP contribution < -0.4 is 4.74 Å². The molecule has 29 heavy (non-hydrogen) atoms. The van der Waals surface area contributed by atoms with E-state index in [0.29, 0.717) is 43.4 Å². The van der Waals surface area contributed by atoms with Crippen molar-refractivity contribution in [2.75, 3.05) is 20.2 Å². The molecule has 1 aliphatic rings. The first-order valence-corrected chi connectivity index (χ1v) is 11.0. The fourth-order valence-corrected chi connectivity index (χ4v) is 5.04. The zero-order chi connectivity index (χ0) is 20.4. The van der Waals surface area contributed by atoms with Crippen LogP contribution in [-0.4, -0.2) is 43.1 Å². The maximum absolute atomic E-state index is 12.9. The minimum Gasteiger partial charge on any atom is -0.497 e. The van der Waals surface area contributed by atoms with Crippen molar-refractivity contribution in [1.29, 1.82) is 0 Å². The first-order chi connectivity index (χ1) is 14.0. The molecule has 1 aliphatic heterocycles. The molecular weight excluding hydrogens is 390 g/mol. The SMILES string of the molecule is COc1ccc(S(=O)(=O)N2CCC(c3noc(-c4ccccc4C)n3)CC2)cc1. The van der Waals surface area contributed by atoms with Crippen LogP contribution in [0.25, 0.3) is 11.5 Å². The smallest absolute Gasteiger partial charge is 0.258 e. The van der Waals surface area contributed by atoms with Crippen molar-refractivity contribution >= 4 is 10.0 Å². The van der Waals surface area contributed by atoms with E-state index in [4.69, 9.17) is 9.26 Å². The minimum absolute atomic E-state index is 0.0823. The van der Waals surface area contributed by atoms with E-state index >= 15 is 0 Å². The Labute approximate surface area is 170 Å². The average Bonchev–Trinajstić information content (AvgIpc) is 3.24. The predicted octanol–water partition coefficient (Wildman–Crippen LogP) is 3.62. The number of hydrogen-bond acceptors (Lipinski definition) is 6. The lowest BCUT2D eigenvalue weighted by Gasteiger charge is -2.29. The summed E-state index contributed by atoms with van der Waals surface area (Å²) in [5.41, 5.74) is 1.99. The number of piperidine rings is 1. The monoisotopic (exact) mass is 413 g/mol. The predicted molar refractivity (Wildman–Crippen MR) is 108 cm³/mol. The second-order valence-electron chi connectivity index (χ2n) is 7.13. The molecule has 3 aromatic rings. The molecule has 0 unspecified atom stereocenters. The Balaban J connectivity index is 1.45. The Kier molecular flexibility index (Phi) is 5.38. The van der Waals surface area contributed by atoms with Gasteiger partial charge in [-0.2, -0.15) is 9.29 Å². The lowest BCUT2D eigenvalue weighted by atomic mass is 9.97. The summed E-state index contributed by atoms with van der Waals surface area (Å²) in [6.07, 6.45) is 1.31. The molecule has 0 spiro atoms. The summed E-state index contributed by atoms with van der Waals surface area (Å²) in [5, 5.41) is 4.15. The van der Waals surface area contributed by atoms with Gasteiger partial charge in [0.15, 0.2) is 5.82 Å². The molecule has 2 aromatic carbocycles. The van der Waals surface area contributed by atoms with Crippen LogP contribution in [0.2, 0.25) is 0 Å². The van der Waals surface area contributed by atoms with E-state index in [-0.39, 0.29) is 10.8 Å². The van der Waals surface area contributed by atoms with Crippen LogP contribution in [0.3, 0.4) is 0 Å². The molecule has 1 aromatic heterocycles. The molecule has 152 valence electrons. The van der Waals surface area contributed by atoms with Gasteiger partial charge in [-0.15, -0.1) is 0 Å². The Hall–Kier alpha value is -2.71. The molecule has 0 bridgehead atoms. The Bertz CT molecular complexity index is 1090. The van der Waals surface area contributed by atoms with E-state index in [1.807, 2.05) is 31.2 Å². The molecular formula is C21H23N3O4S. The lowest BCUT2D eigenvalue weighted by molar-refractivity contribution is 0.307. The van der Waals surface area contributed by atoms with Gasteiger partial charge < -0.3 is 9.26 Å². The molecule has 4 rings (SSSR count). The highest BCUT2D eigenvalue weighted by Gasteiger charge is 2.32. The fraction of sp³-hybridized carbons (Fsp3) is 0.333. The van der Waals surface area contributed by atoms with Crippen molar-refractivity contribution in [3.63, 3.8) is 0 Å². The molecule has 1 saturated heterocycles. The van der Waals surface area contributed by atoms with Crippen molar-refractivity contribution in [2.45, 2.75) is 30.6 Å². The Morgan fingerprint density at radius 2 is 1.76 bits per heavy atom. The molecule has 2 heterocycles. The van der Waals surface area contributed by atoms with Crippen molar-refractivity contribution in [3.8, 4) is 17.2 Å². The number of methoxy groups -OCH3 is 1. The van der Waals surface area contributed by atoms with Crippen LogP contribution in [0.15, 0.2) is 57.9 Å². The van der Waals surface area contributed by atoms with Gasteiger partial charge in [-0.25, -0.2) is 8.42 Å². The van der Waals surface area contributed by atoms with Crippen LogP contribution in [0.1, 0.15) is 30.1 Å². The highest BCUT2D eigenvalue weighted by Crippen LogP contribution is 2.31. The van der Waals surface area contributed by atoms with Gasteiger partial charge in [0.05, 0.1) is 12.0 Å². The standard InChI is InChI=1S/C21H23N3O4S/c1-15-5-3-4-6-19(15)21-22-20(23-28-21)16-11-13-24(14-12-16)29(25,26)18-9-7-17(27-2)8-10-18/h3-10,16H,11-14H2,1-2H3. The van der Waals surface area contributed by atoms with Gasteiger partial charge in [-0.05, 0) is 55.7 Å². The normalized spacial score (nSPS) is 16.1. The van der Waals surface area contributed by atoms with Crippen LogP contribution in [0.4, 0.5) is 0 Å². The van der Waals surface area contributed by atoms with Gasteiger partial charge >= 0.3 is 0 Å². The van der Waals surface area contributed by atoms with Gasteiger partial charge in [0.1, 0.15) is 5.75 Å². The first kappa shape index (κ1) is 19.6. The summed E-state index contributed by atoms with van der Waals surface area (Å²) in [4.78, 5) is 4.85. The topological polar surface area (TPSA) is 85.5 Å². The van der Waals surface area contributed by atoms with E-state index in [1.165, 1.54) is 4.31 Å². The first-order valence-electron chi connectivity index (χ1n) is 9.53. The van der Waals surface area contributed by atoms with Crippen LogP contribution in [-0.2, 0) is 10.0 Å². The number of ether oxygens (including phenoxy) is 1. The third kappa shape index (κ3) is 3.90. The van der Waals surface area contributed by atoms with Gasteiger partial charge in [-0.1, -0.05) is 23.4 Å². The van der Waals surface area contributed by atoms with Gasteiger partial charge in [0.2, 0.25) is 10.0 Å². The Morgan fingerprint density at radius 1 is 1.07 bits per heavy atom. The van der Waals surface area contributed by atoms with E-state index in [1.54, 1.807) is 31.4 Å². The fourth-order valence-electron chi connectivity index (χ4n) is 3.57. The number of aromatic nitrogens is 2.